The van der Waals surface area contributed by atoms with E-state index in [0.717, 1.165) is 19.9 Å². The molecule has 4 rings (SSSR count). The van der Waals surface area contributed by atoms with E-state index >= 15 is 0 Å². The topological polar surface area (TPSA) is 78.9 Å². The molecule has 1 saturated heterocycles. The van der Waals surface area contributed by atoms with Gasteiger partial charge in [0.2, 0.25) is 0 Å². The zero-order valence-electron chi connectivity index (χ0n) is 13.8. The number of pyridine rings is 1. The number of hydrazine groups is 1. The van der Waals surface area contributed by atoms with Gasteiger partial charge in [-0.2, -0.15) is 0 Å². The summed E-state index contributed by atoms with van der Waals surface area (Å²) in [6, 6.07) is 6.07. The molecular weight excluding hydrogens is 434 g/mol. The molecule has 1 aliphatic heterocycles. The molecule has 4 heterocycles. The molecule has 3 aromatic rings. The third kappa shape index (κ3) is 3.58. The highest BCUT2D eigenvalue weighted by Crippen LogP contribution is 2.32. The van der Waals surface area contributed by atoms with Crippen LogP contribution in [0.4, 0.5) is 0 Å². The first-order valence-corrected chi connectivity index (χ1v) is 10.6. The van der Waals surface area contributed by atoms with Crippen molar-refractivity contribution in [1.29, 1.82) is 0 Å². The van der Waals surface area contributed by atoms with E-state index in [0.29, 0.717) is 5.69 Å². The van der Waals surface area contributed by atoms with Gasteiger partial charge in [-0.15, -0.1) is 22.7 Å². The Morgan fingerprint density at radius 2 is 2.04 bits per heavy atom. The number of rotatable bonds is 4. The Morgan fingerprint density at radius 3 is 2.77 bits per heavy atom. The van der Waals surface area contributed by atoms with Crippen LogP contribution in [0.25, 0.3) is 9.88 Å². The Kier molecular flexibility index (Phi) is 5.14. The van der Waals surface area contributed by atoms with Gasteiger partial charge >= 0.3 is 0 Å². The standard InChI is InChI=1S/C17H16BrN5OS2/c1-9-14(10-2-4-19-5-3-10)22-23-15(9)21-16(24)12-8-26-17(20-12)13-6-11(18)7-25-13/h2-9,14-15,22-23H,1H3,(H,21,24). The smallest absolute Gasteiger partial charge is 0.272 e. The number of aromatic nitrogens is 2. The van der Waals surface area contributed by atoms with Crippen molar-refractivity contribution in [2.75, 3.05) is 0 Å². The van der Waals surface area contributed by atoms with Crippen molar-refractivity contribution in [2.24, 2.45) is 5.92 Å². The van der Waals surface area contributed by atoms with Crippen LogP contribution in [0.2, 0.25) is 0 Å². The quantitative estimate of drug-likeness (QED) is 0.567. The Balaban J connectivity index is 1.43. The third-order valence-electron chi connectivity index (χ3n) is 4.31. The SMILES string of the molecule is CC1C(NC(=O)c2csc(-c3cc(Br)cs3)n2)NNC1c1ccncc1. The average molecular weight is 450 g/mol. The summed E-state index contributed by atoms with van der Waals surface area (Å²) in [7, 11) is 0. The first kappa shape index (κ1) is 17.7. The minimum Gasteiger partial charge on any atom is -0.334 e. The number of nitrogens with zero attached hydrogens (tertiary/aromatic N) is 2. The highest BCUT2D eigenvalue weighted by molar-refractivity contribution is 9.10. The average Bonchev–Trinajstić information content (AvgIpc) is 3.37. The minimum atomic E-state index is -0.179. The number of thiophene rings is 1. The molecule has 0 spiro atoms. The molecule has 1 amide bonds. The second-order valence-electron chi connectivity index (χ2n) is 6.02. The number of hydrogen-bond acceptors (Lipinski definition) is 7. The number of thiazole rings is 1. The van der Waals surface area contributed by atoms with Crippen molar-refractivity contribution in [3.05, 3.63) is 57.1 Å². The normalized spacial score (nSPS) is 22.5. The van der Waals surface area contributed by atoms with Crippen LogP contribution in [0.15, 0.2) is 45.8 Å². The second-order valence-corrected chi connectivity index (χ2v) is 8.71. The highest BCUT2D eigenvalue weighted by Gasteiger charge is 2.34. The maximum atomic E-state index is 12.6. The molecule has 3 unspecified atom stereocenters. The maximum Gasteiger partial charge on any atom is 0.272 e. The number of halogens is 1. The zero-order valence-corrected chi connectivity index (χ0v) is 17.0. The van der Waals surface area contributed by atoms with E-state index in [9.17, 15) is 4.79 Å². The summed E-state index contributed by atoms with van der Waals surface area (Å²) in [5.74, 6) is -0.00245. The van der Waals surface area contributed by atoms with Gasteiger partial charge in [-0.3, -0.25) is 9.78 Å². The number of carbonyl (C=O) groups excluding carboxylic acids is 1. The van der Waals surface area contributed by atoms with E-state index in [4.69, 9.17) is 0 Å². The van der Waals surface area contributed by atoms with Gasteiger partial charge in [-0.25, -0.2) is 15.8 Å². The lowest BCUT2D eigenvalue weighted by atomic mass is 9.95. The largest absolute Gasteiger partial charge is 0.334 e. The lowest BCUT2D eigenvalue weighted by molar-refractivity contribution is 0.0918. The van der Waals surface area contributed by atoms with Crippen LogP contribution in [0.1, 0.15) is 29.0 Å². The number of carbonyl (C=O) groups is 1. The van der Waals surface area contributed by atoms with Gasteiger partial charge in [0.25, 0.3) is 5.91 Å². The molecule has 6 nitrogen and oxygen atoms in total. The van der Waals surface area contributed by atoms with Crippen molar-refractivity contribution in [1.82, 2.24) is 26.1 Å². The summed E-state index contributed by atoms with van der Waals surface area (Å²) in [5, 5.41) is 7.68. The van der Waals surface area contributed by atoms with Crippen LogP contribution < -0.4 is 16.2 Å². The molecule has 0 bridgehead atoms. The maximum absolute atomic E-state index is 12.6. The van der Waals surface area contributed by atoms with E-state index in [1.54, 1.807) is 29.1 Å². The molecule has 0 aromatic carbocycles. The van der Waals surface area contributed by atoms with Crippen LogP contribution >= 0.6 is 38.6 Å². The number of hydrogen-bond donors (Lipinski definition) is 3. The molecule has 0 aliphatic carbocycles. The summed E-state index contributed by atoms with van der Waals surface area (Å²) in [4.78, 5) is 22.2. The van der Waals surface area contributed by atoms with E-state index in [2.05, 4.69) is 49.0 Å². The number of amides is 1. The van der Waals surface area contributed by atoms with Gasteiger partial charge < -0.3 is 5.32 Å². The van der Waals surface area contributed by atoms with E-state index in [1.165, 1.54) is 11.3 Å². The number of nitrogens with one attached hydrogen (secondary N) is 3. The fourth-order valence-electron chi connectivity index (χ4n) is 2.89. The van der Waals surface area contributed by atoms with E-state index in [-0.39, 0.29) is 24.0 Å². The molecule has 0 saturated carbocycles. The van der Waals surface area contributed by atoms with Crippen molar-refractivity contribution in [3.63, 3.8) is 0 Å². The van der Waals surface area contributed by atoms with Crippen molar-refractivity contribution in [3.8, 4) is 9.88 Å². The summed E-state index contributed by atoms with van der Waals surface area (Å²) >= 11 is 6.52. The zero-order chi connectivity index (χ0) is 18.1. The van der Waals surface area contributed by atoms with Crippen molar-refractivity contribution in [2.45, 2.75) is 19.1 Å². The van der Waals surface area contributed by atoms with Gasteiger partial charge in [-0.05, 0) is 39.7 Å². The summed E-state index contributed by atoms with van der Waals surface area (Å²) < 4.78 is 1.02. The van der Waals surface area contributed by atoms with Crippen molar-refractivity contribution >= 4 is 44.5 Å². The fraction of sp³-hybridized carbons (Fsp3) is 0.235. The van der Waals surface area contributed by atoms with Crippen LogP contribution in [0.5, 0.6) is 0 Å². The lowest BCUT2D eigenvalue weighted by Crippen LogP contribution is -2.46. The Hall–Kier alpha value is -1.65. The molecule has 3 aromatic heterocycles. The predicted octanol–water partition coefficient (Wildman–Crippen LogP) is 3.57. The van der Waals surface area contributed by atoms with E-state index in [1.807, 2.05) is 23.6 Å². The van der Waals surface area contributed by atoms with Crippen LogP contribution in [-0.4, -0.2) is 22.0 Å². The third-order valence-corrected chi connectivity index (χ3v) is 7.02. The molecule has 134 valence electrons. The Bertz CT molecular complexity index is 913. The molecule has 3 N–H and O–H groups in total. The summed E-state index contributed by atoms with van der Waals surface area (Å²) in [5.41, 5.74) is 7.99. The van der Waals surface area contributed by atoms with Crippen LogP contribution in [-0.2, 0) is 0 Å². The molecule has 1 aliphatic rings. The first-order valence-electron chi connectivity index (χ1n) is 8.03. The van der Waals surface area contributed by atoms with Gasteiger partial charge in [0.05, 0.1) is 17.1 Å². The van der Waals surface area contributed by atoms with Crippen molar-refractivity contribution < 1.29 is 4.79 Å². The monoisotopic (exact) mass is 449 g/mol. The van der Waals surface area contributed by atoms with E-state index < -0.39 is 0 Å². The fourth-order valence-corrected chi connectivity index (χ4v) is 5.20. The Labute approximate surface area is 167 Å². The van der Waals surface area contributed by atoms with Gasteiger partial charge in [0.1, 0.15) is 10.7 Å². The lowest BCUT2D eigenvalue weighted by Gasteiger charge is -2.19. The molecule has 0 radical (unpaired) electrons. The Morgan fingerprint density at radius 1 is 1.23 bits per heavy atom. The summed E-state index contributed by atoms with van der Waals surface area (Å²) in [6.07, 6.45) is 3.37. The summed E-state index contributed by atoms with van der Waals surface area (Å²) in [6.45, 7) is 2.10. The predicted molar refractivity (Wildman–Crippen MR) is 107 cm³/mol. The first-order chi connectivity index (χ1) is 12.6. The molecule has 1 fully saturated rings. The van der Waals surface area contributed by atoms with Crippen LogP contribution in [0, 0.1) is 5.92 Å². The minimum absolute atomic E-state index is 0.109. The second kappa shape index (κ2) is 7.53. The van der Waals surface area contributed by atoms with Gasteiger partial charge in [-0.1, -0.05) is 6.92 Å². The molecule has 3 atom stereocenters. The molecular formula is C17H16BrN5OS2. The molecule has 26 heavy (non-hydrogen) atoms. The van der Waals surface area contributed by atoms with Gasteiger partial charge in [0.15, 0.2) is 0 Å². The molecule has 9 heteroatoms. The van der Waals surface area contributed by atoms with Crippen LogP contribution in [0.3, 0.4) is 0 Å². The highest BCUT2D eigenvalue weighted by atomic mass is 79.9. The van der Waals surface area contributed by atoms with Gasteiger partial charge in [0, 0.05) is 33.5 Å².